The number of para-hydroxylation sites is 1. The first kappa shape index (κ1) is 14.5. The van der Waals surface area contributed by atoms with Crippen LogP contribution >= 0.6 is 0 Å². The van der Waals surface area contributed by atoms with Gasteiger partial charge < -0.3 is 14.6 Å². The van der Waals surface area contributed by atoms with Gasteiger partial charge in [-0.2, -0.15) is 0 Å². The number of hydrogen-bond donors (Lipinski definition) is 1. The van der Waals surface area contributed by atoms with Gasteiger partial charge in [0.2, 0.25) is 0 Å². The van der Waals surface area contributed by atoms with Crippen LogP contribution < -0.4 is 4.74 Å². The van der Waals surface area contributed by atoms with Crippen LogP contribution in [0.25, 0.3) is 0 Å². The van der Waals surface area contributed by atoms with Gasteiger partial charge >= 0.3 is 0 Å². The summed E-state index contributed by atoms with van der Waals surface area (Å²) < 4.78 is 24.2. The molecule has 1 N–H and O–H groups in total. The van der Waals surface area contributed by atoms with Crippen LogP contribution in [-0.2, 0) is 4.74 Å². The molecule has 1 atom stereocenters. The average Bonchev–Trinajstić information content (AvgIpc) is 2.48. The van der Waals surface area contributed by atoms with Gasteiger partial charge in [-0.1, -0.05) is 36.4 Å². The second kappa shape index (κ2) is 7.03. The van der Waals surface area contributed by atoms with Gasteiger partial charge in [-0.15, -0.1) is 0 Å². The highest BCUT2D eigenvalue weighted by atomic mass is 19.1. The van der Waals surface area contributed by atoms with Crippen molar-refractivity contribution < 1.29 is 19.0 Å². The summed E-state index contributed by atoms with van der Waals surface area (Å²) in [5.74, 6) is 0.0898. The average molecular weight is 276 g/mol. The molecule has 20 heavy (non-hydrogen) atoms. The van der Waals surface area contributed by atoms with E-state index in [1.165, 1.54) is 6.07 Å². The summed E-state index contributed by atoms with van der Waals surface area (Å²) in [6.45, 7) is 0.821. The third-order valence-corrected chi connectivity index (χ3v) is 2.96. The van der Waals surface area contributed by atoms with Gasteiger partial charge in [0.05, 0.1) is 6.61 Å². The monoisotopic (exact) mass is 276 g/mol. The largest absolute Gasteiger partial charge is 0.491 e. The normalized spacial score (nSPS) is 12.2. The topological polar surface area (TPSA) is 38.7 Å². The van der Waals surface area contributed by atoms with Crippen LogP contribution in [0, 0.1) is 5.82 Å². The number of ether oxygens (including phenoxy) is 2. The van der Waals surface area contributed by atoms with Crippen molar-refractivity contribution in [2.75, 3.05) is 20.3 Å². The highest BCUT2D eigenvalue weighted by molar-refractivity contribution is 5.40. The molecule has 4 heteroatoms. The zero-order chi connectivity index (χ0) is 14.4. The lowest BCUT2D eigenvalue weighted by molar-refractivity contribution is 0.142. The molecule has 0 aliphatic rings. The maximum atomic E-state index is 13.7. The minimum atomic E-state index is -1.06. The van der Waals surface area contributed by atoms with Gasteiger partial charge in [-0.05, 0) is 12.1 Å². The fraction of sp³-hybridized carbons (Fsp3) is 0.250. The number of hydrogen-bond acceptors (Lipinski definition) is 3. The molecule has 0 aromatic heterocycles. The van der Waals surface area contributed by atoms with Gasteiger partial charge in [0.25, 0.3) is 0 Å². The highest BCUT2D eigenvalue weighted by Gasteiger charge is 2.18. The Morgan fingerprint density at radius 1 is 1.00 bits per heavy atom. The quantitative estimate of drug-likeness (QED) is 0.824. The number of methoxy groups -OCH3 is 1. The summed E-state index contributed by atoms with van der Waals surface area (Å²) in [7, 11) is 1.59. The Balaban J connectivity index is 2.25. The third kappa shape index (κ3) is 3.35. The van der Waals surface area contributed by atoms with Crippen LogP contribution in [0.3, 0.4) is 0 Å². The van der Waals surface area contributed by atoms with Crippen molar-refractivity contribution in [3.8, 4) is 5.75 Å². The van der Waals surface area contributed by atoms with E-state index in [0.717, 1.165) is 0 Å². The minimum Gasteiger partial charge on any atom is -0.491 e. The lowest BCUT2D eigenvalue weighted by Gasteiger charge is -2.17. The maximum absolute atomic E-state index is 13.7. The molecule has 0 fully saturated rings. The van der Waals surface area contributed by atoms with E-state index in [2.05, 4.69) is 0 Å². The first-order valence-electron chi connectivity index (χ1n) is 6.37. The Morgan fingerprint density at radius 2 is 1.65 bits per heavy atom. The van der Waals surface area contributed by atoms with Crippen molar-refractivity contribution in [2.45, 2.75) is 6.10 Å². The molecule has 2 aromatic rings. The second-order valence-corrected chi connectivity index (χ2v) is 4.30. The summed E-state index contributed by atoms with van der Waals surface area (Å²) in [6, 6.07) is 13.2. The van der Waals surface area contributed by atoms with Gasteiger partial charge in [0, 0.05) is 18.2 Å². The van der Waals surface area contributed by atoms with Crippen molar-refractivity contribution in [3.05, 3.63) is 65.5 Å². The maximum Gasteiger partial charge on any atom is 0.129 e. The number of rotatable bonds is 6. The Labute approximate surface area is 117 Å². The Morgan fingerprint density at radius 3 is 2.35 bits per heavy atom. The number of aliphatic hydroxyl groups is 1. The van der Waals surface area contributed by atoms with E-state index in [0.29, 0.717) is 24.5 Å². The Kier molecular flexibility index (Phi) is 5.09. The molecule has 106 valence electrons. The fourth-order valence-corrected chi connectivity index (χ4v) is 1.94. The van der Waals surface area contributed by atoms with Gasteiger partial charge in [-0.25, -0.2) is 4.39 Å². The second-order valence-electron chi connectivity index (χ2n) is 4.30. The molecule has 1 unspecified atom stereocenters. The van der Waals surface area contributed by atoms with Gasteiger partial charge in [0.1, 0.15) is 24.3 Å². The predicted octanol–water partition coefficient (Wildman–Crippen LogP) is 2.93. The fourth-order valence-electron chi connectivity index (χ4n) is 1.94. The van der Waals surface area contributed by atoms with Crippen LogP contribution in [0.1, 0.15) is 17.2 Å². The van der Waals surface area contributed by atoms with Crippen LogP contribution in [-0.4, -0.2) is 25.4 Å². The molecular weight excluding hydrogens is 259 g/mol. The first-order chi connectivity index (χ1) is 9.74. The molecule has 0 heterocycles. The third-order valence-electron chi connectivity index (χ3n) is 2.96. The molecule has 0 aliphatic heterocycles. The van der Waals surface area contributed by atoms with E-state index in [9.17, 15) is 9.50 Å². The molecule has 3 nitrogen and oxygen atoms in total. The molecule has 0 amide bonds. The van der Waals surface area contributed by atoms with E-state index in [-0.39, 0.29) is 5.56 Å². The molecule has 0 bridgehead atoms. The molecule has 0 spiro atoms. The smallest absolute Gasteiger partial charge is 0.129 e. The summed E-state index contributed by atoms with van der Waals surface area (Å²) >= 11 is 0. The van der Waals surface area contributed by atoms with Crippen molar-refractivity contribution in [2.24, 2.45) is 0 Å². The molecule has 2 rings (SSSR count). The predicted molar refractivity (Wildman–Crippen MR) is 74.3 cm³/mol. The lowest BCUT2D eigenvalue weighted by Crippen LogP contribution is -2.09. The summed E-state index contributed by atoms with van der Waals surface area (Å²) in [4.78, 5) is 0. The number of aliphatic hydroxyl groups excluding tert-OH is 1. The SMILES string of the molecule is COCCOc1ccccc1C(O)c1ccccc1F. The van der Waals surface area contributed by atoms with E-state index in [1.54, 1.807) is 49.6 Å². The molecule has 0 saturated carbocycles. The van der Waals surface area contributed by atoms with Crippen LogP contribution in [0.4, 0.5) is 4.39 Å². The van der Waals surface area contributed by atoms with Crippen molar-refractivity contribution in [1.29, 1.82) is 0 Å². The van der Waals surface area contributed by atoms with Crippen molar-refractivity contribution in [3.63, 3.8) is 0 Å². The summed E-state index contributed by atoms with van der Waals surface area (Å²) in [5, 5.41) is 10.4. The standard InChI is InChI=1S/C16H17FO3/c1-19-10-11-20-15-9-5-3-7-13(15)16(18)12-6-2-4-8-14(12)17/h2-9,16,18H,10-11H2,1H3. The van der Waals surface area contributed by atoms with Crippen molar-refractivity contribution >= 4 is 0 Å². The molecular formula is C16H17FO3. The summed E-state index contributed by atoms with van der Waals surface area (Å²) in [6.07, 6.45) is -1.06. The Hall–Kier alpha value is -1.91. The van der Waals surface area contributed by atoms with Crippen LogP contribution in [0.2, 0.25) is 0 Å². The number of halogens is 1. The van der Waals surface area contributed by atoms with E-state index in [1.807, 2.05) is 0 Å². The first-order valence-corrected chi connectivity index (χ1v) is 6.37. The van der Waals surface area contributed by atoms with Crippen LogP contribution in [0.5, 0.6) is 5.75 Å². The minimum absolute atomic E-state index is 0.232. The van der Waals surface area contributed by atoms with E-state index < -0.39 is 11.9 Å². The lowest BCUT2D eigenvalue weighted by atomic mass is 10.0. The van der Waals surface area contributed by atoms with Crippen molar-refractivity contribution in [1.82, 2.24) is 0 Å². The zero-order valence-corrected chi connectivity index (χ0v) is 11.3. The molecule has 0 saturated heterocycles. The van der Waals surface area contributed by atoms with Gasteiger partial charge in [-0.3, -0.25) is 0 Å². The molecule has 0 aliphatic carbocycles. The number of benzene rings is 2. The van der Waals surface area contributed by atoms with Crippen LogP contribution in [0.15, 0.2) is 48.5 Å². The van der Waals surface area contributed by atoms with Gasteiger partial charge in [0.15, 0.2) is 0 Å². The highest BCUT2D eigenvalue weighted by Crippen LogP contribution is 2.31. The van der Waals surface area contributed by atoms with E-state index >= 15 is 0 Å². The molecule has 2 aromatic carbocycles. The molecule has 0 radical (unpaired) electrons. The Bertz CT molecular complexity index is 557. The van der Waals surface area contributed by atoms with E-state index in [4.69, 9.17) is 9.47 Å². The summed E-state index contributed by atoms with van der Waals surface area (Å²) in [5.41, 5.74) is 0.768. The zero-order valence-electron chi connectivity index (χ0n) is 11.3.